The first kappa shape index (κ1) is 17.8. The minimum absolute atomic E-state index is 0.0889. The summed E-state index contributed by atoms with van der Waals surface area (Å²) in [7, 11) is 0. The van der Waals surface area contributed by atoms with Crippen LogP contribution < -0.4 is 5.43 Å². The van der Waals surface area contributed by atoms with E-state index in [9.17, 15) is 10.1 Å². The lowest BCUT2D eigenvalue weighted by molar-refractivity contribution is 1.26. The SMILES string of the molecule is Cc1c(C#N)cccc1-c1nc2[nH]ccc(=O)c2cc1-c1ccc2ncccc2c1. The third-order valence-corrected chi connectivity index (χ3v) is 5.37. The molecule has 0 amide bonds. The second-order valence-corrected chi connectivity index (χ2v) is 7.12. The van der Waals surface area contributed by atoms with Crippen LogP contribution >= 0.6 is 0 Å². The molecule has 30 heavy (non-hydrogen) atoms. The van der Waals surface area contributed by atoms with Gasteiger partial charge in [0.15, 0.2) is 5.43 Å². The highest BCUT2D eigenvalue weighted by atomic mass is 16.1. The van der Waals surface area contributed by atoms with Crippen molar-refractivity contribution < 1.29 is 0 Å². The van der Waals surface area contributed by atoms with Crippen molar-refractivity contribution in [2.45, 2.75) is 6.92 Å². The Labute approximate surface area is 172 Å². The molecule has 0 aliphatic carbocycles. The molecule has 0 unspecified atom stereocenters. The van der Waals surface area contributed by atoms with Gasteiger partial charge in [-0.05, 0) is 48.4 Å². The summed E-state index contributed by atoms with van der Waals surface area (Å²) in [6.07, 6.45) is 3.36. The quantitative estimate of drug-likeness (QED) is 0.462. The van der Waals surface area contributed by atoms with Gasteiger partial charge in [-0.1, -0.05) is 24.3 Å². The molecule has 0 aliphatic heterocycles. The monoisotopic (exact) mass is 388 g/mol. The number of nitrogens with zero attached hydrogens (tertiary/aromatic N) is 3. The molecular formula is C25H16N4O. The van der Waals surface area contributed by atoms with Crippen LogP contribution in [0.1, 0.15) is 11.1 Å². The van der Waals surface area contributed by atoms with Crippen LogP contribution in [0.15, 0.2) is 77.9 Å². The van der Waals surface area contributed by atoms with E-state index >= 15 is 0 Å². The van der Waals surface area contributed by atoms with Gasteiger partial charge in [-0.15, -0.1) is 0 Å². The van der Waals surface area contributed by atoms with Crippen LogP contribution in [0.25, 0.3) is 44.3 Å². The maximum absolute atomic E-state index is 12.5. The molecule has 3 heterocycles. The van der Waals surface area contributed by atoms with Gasteiger partial charge in [0, 0.05) is 35.0 Å². The second kappa shape index (κ2) is 6.94. The Morgan fingerprint density at radius 2 is 1.90 bits per heavy atom. The number of hydrogen-bond acceptors (Lipinski definition) is 4. The molecule has 5 rings (SSSR count). The first-order valence-electron chi connectivity index (χ1n) is 9.53. The lowest BCUT2D eigenvalue weighted by atomic mass is 9.93. The number of aromatic amines is 1. The highest BCUT2D eigenvalue weighted by Crippen LogP contribution is 2.35. The second-order valence-electron chi connectivity index (χ2n) is 7.12. The Morgan fingerprint density at radius 1 is 1.00 bits per heavy atom. The van der Waals surface area contributed by atoms with Crippen LogP contribution in [0.5, 0.6) is 0 Å². The molecule has 0 aliphatic rings. The molecule has 0 saturated carbocycles. The smallest absolute Gasteiger partial charge is 0.191 e. The fourth-order valence-corrected chi connectivity index (χ4v) is 3.78. The molecule has 0 radical (unpaired) electrons. The van der Waals surface area contributed by atoms with E-state index in [1.807, 2.05) is 49.4 Å². The molecule has 142 valence electrons. The third kappa shape index (κ3) is 2.83. The zero-order chi connectivity index (χ0) is 20.7. The maximum Gasteiger partial charge on any atom is 0.191 e. The van der Waals surface area contributed by atoms with Crippen molar-refractivity contribution in [1.82, 2.24) is 15.0 Å². The number of fused-ring (bicyclic) bond motifs is 2. The van der Waals surface area contributed by atoms with Crippen molar-refractivity contribution in [3.63, 3.8) is 0 Å². The van der Waals surface area contributed by atoms with E-state index < -0.39 is 0 Å². The van der Waals surface area contributed by atoms with Crippen LogP contribution in [-0.2, 0) is 0 Å². The molecule has 0 spiro atoms. The van der Waals surface area contributed by atoms with Gasteiger partial charge in [-0.2, -0.15) is 5.26 Å². The van der Waals surface area contributed by atoms with Crippen molar-refractivity contribution >= 4 is 21.9 Å². The molecule has 1 N–H and O–H groups in total. The summed E-state index contributed by atoms with van der Waals surface area (Å²) in [5.74, 6) is 0. The molecule has 5 aromatic rings. The molecule has 2 aromatic carbocycles. The molecule has 5 heteroatoms. The van der Waals surface area contributed by atoms with Crippen molar-refractivity contribution in [3.8, 4) is 28.5 Å². The summed E-state index contributed by atoms with van der Waals surface area (Å²) in [6, 6.07) is 21.1. The molecule has 0 fully saturated rings. The Kier molecular flexibility index (Phi) is 4.11. The molecular weight excluding hydrogens is 372 g/mol. The van der Waals surface area contributed by atoms with Crippen LogP contribution in [0.3, 0.4) is 0 Å². The number of H-pyrrole nitrogens is 1. The van der Waals surface area contributed by atoms with Gasteiger partial charge in [-0.3, -0.25) is 9.78 Å². The van der Waals surface area contributed by atoms with Crippen molar-refractivity contribution in [3.05, 3.63) is 94.4 Å². The van der Waals surface area contributed by atoms with Gasteiger partial charge in [0.25, 0.3) is 0 Å². The highest BCUT2D eigenvalue weighted by Gasteiger charge is 2.16. The van der Waals surface area contributed by atoms with Crippen LogP contribution in [0, 0.1) is 18.3 Å². The van der Waals surface area contributed by atoms with E-state index in [1.165, 1.54) is 6.07 Å². The van der Waals surface area contributed by atoms with Crippen molar-refractivity contribution in [2.75, 3.05) is 0 Å². The van der Waals surface area contributed by atoms with Crippen LogP contribution in [0.4, 0.5) is 0 Å². The number of hydrogen-bond donors (Lipinski definition) is 1. The van der Waals surface area contributed by atoms with Gasteiger partial charge < -0.3 is 4.98 Å². The Bertz CT molecular complexity index is 1540. The predicted octanol–water partition coefficient (Wildman–Crippen LogP) is 4.99. The fraction of sp³-hybridized carbons (Fsp3) is 0.0400. The van der Waals surface area contributed by atoms with E-state index in [-0.39, 0.29) is 5.43 Å². The molecule has 3 aromatic heterocycles. The van der Waals surface area contributed by atoms with E-state index in [4.69, 9.17) is 4.98 Å². The Hall–Kier alpha value is -4.30. The lowest BCUT2D eigenvalue weighted by Gasteiger charge is -2.14. The normalized spacial score (nSPS) is 10.9. The summed E-state index contributed by atoms with van der Waals surface area (Å²) in [4.78, 5) is 24.8. The molecule has 0 atom stereocenters. The Balaban J connectivity index is 1.88. The third-order valence-electron chi connectivity index (χ3n) is 5.37. The number of pyridine rings is 3. The van der Waals surface area contributed by atoms with E-state index in [0.717, 1.165) is 38.9 Å². The highest BCUT2D eigenvalue weighted by molar-refractivity contribution is 5.94. The molecule has 5 nitrogen and oxygen atoms in total. The lowest BCUT2D eigenvalue weighted by Crippen LogP contribution is -2.04. The number of nitrogens with one attached hydrogen (secondary N) is 1. The first-order valence-corrected chi connectivity index (χ1v) is 9.53. The predicted molar refractivity (Wildman–Crippen MR) is 118 cm³/mol. The zero-order valence-electron chi connectivity index (χ0n) is 16.2. The van der Waals surface area contributed by atoms with E-state index in [1.54, 1.807) is 18.5 Å². The topological polar surface area (TPSA) is 82.4 Å². The standard InChI is InChI=1S/C25H16N4O/c1-15-18(14-26)4-2-6-19(15)24-20(13-21-23(30)9-11-28-25(21)29-24)16-7-8-22-17(12-16)5-3-10-27-22/h2-13H,1H3,(H,28,29,30). The van der Waals surface area contributed by atoms with E-state index in [2.05, 4.69) is 22.1 Å². The fourth-order valence-electron chi connectivity index (χ4n) is 3.78. The number of aromatic nitrogens is 3. The molecule has 0 saturated heterocycles. The Morgan fingerprint density at radius 3 is 2.77 bits per heavy atom. The number of rotatable bonds is 2. The maximum atomic E-state index is 12.5. The number of benzene rings is 2. The average molecular weight is 388 g/mol. The van der Waals surface area contributed by atoms with Gasteiger partial charge in [-0.25, -0.2) is 4.98 Å². The van der Waals surface area contributed by atoms with Gasteiger partial charge >= 0.3 is 0 Å². The first-order chi connectivity index (χ1) is 14.7. The average Bonchev–Trinajstić information content (AvgIpc) is 2.78. The zero-order valence-corrected chi connectivity index (χ0v) is 16.2. The van der Waals surface area contributed by atoms with Gasteiger partial charge in [0.2, 0.25) is 0 Å². The van der Waals surface area contributed by atoms with Crippen molar-refractivity contribution in [2.24, 2.45) is 0 Å². The van der Waals surface area contributed by atoms with Crippen molar-refractivity contribution in [1.29, 1.82) is 5.26 Å². The molecule has 0 bridgehead atoms. The summed E-state index contributed by atoms with van der Waals surface area (Å²) in [6.45, 7) is 1.92. The number of nitriles is 1. The summed E-state index contributed by atoms with van der Waals surface area (Å²) < 4.78 is 0. The van der Waals surface area contributed by atoms with Crippen LogP contribution in [-0.4, -0.2) is 15.0 Å². The minimum Gasteiger partial charge on any atom is -0.346 e. The largest absolute Gasteiger partial charge is 0.346 e. The van der Waals surface area contributed by atoms with Gasteiger partial charge in [0.05, 0.1) is 28.2 Å². The van der Waals surface area contributed by atoms with E-state index in [0.29, 0.717) is 16.6 Å². The summed E-state index contributed by atoms with van der Waals surface area (Å²) in [5.41, 5.74) is 6.15. The summed E-state index contributed by atoms with van der Waals surface area (Å²) >= 11 is 0. The van der Waals surface area contributed by atoms with Gasteiger partial charge in [0.1, 0.15) is 5.65 Å². The van der Waals surface area contributed by atoms with Crippen LogP contribution in [0.2, 0.25) is 0 Å². The summed E-state index contributed by atoms with van der Waals surface area (Å²) in [5, 5.41) is 11.0. The minimum atomic E-state index is -0.0889.